The lowest BCUT2D eigenvalue weighted by molar-refractivity contribution is -0.142. The van der Waals surface area contributed by atoms with Gasteiger partial charge in [0.1, 0.15) is 11.8 Å². The summed E-state index contributed by atoms with van der Waals surface area (Å²) in [7, 11) is 0. The molecule has 2 atom stereocenters. The van der Waals surface area contributed by atoms with Crippen LogP contribution in [0.2, 0.25) is 10.0 Å². The van der Waals surface area contributed by atoms with Crippen LogP contribution in [-0.4, -0.2) is 35.4 Å². The van der Waals surface area contributed by atoms with Crippen molar-refractivity contribution in [3.05, 3.63) is 74.7 Å². The Hall–Kier alpha value is -2.28. The molecule has 0 bridgehead atoms. The Morgan fingerprint density at radius 1 is 1.03 bits per heavy atom. The van der Waals surface area contributed by atoms with Crippen LogP contribution in [0.15, 0.2) is 59.1 Å². The van der Waals surface area contributed by atoms with Crippen molar-refractivity contribution < 1.29 is 14.3 Å². The Bertz CT molecular complexity index is 1170. The van der Waals surface area contributed by atoms with E-state index < -0.39 is 6.04 Å². The van der Waals surface area contributed by atoms with E-state index in [-0.39, 0.29) is 31.0 Å². The van der Waals surface area contributed by atoms with E-state index in [0.717, 1.165) is 21.7 Å². The quantitative estimate of drug-likeness (QED) is 0.317. The van der Waals surface area contributed by atoms with Crippen LogP contribution in [-0.2, 0) is 16.1 Å². The molecule has 0 aromatic heterocycles. The number of nitrogens with one attached hydrogen (secondary N) is 1. The lowest BCUT2D eigenvalue weighted by atomic mass is 10.1. The van der Waals surface area contributed by atoms with Crippen molar-refractivity contribution in [2.45, 2.75) is 45.8 Å². The van der Waals surface area contributed by atoms with Gasteiger partial charge in [0.05, 0.1) is 4.47 Å². The number of hydrogen-bond donors (Lipinski definition) is 1. The van der Waals surface area contributed by atoms with E-state index >= 15 is 0 Å². The highest BCUT2D eigenvalue weighted by Crippen LogP contribution is 2.33. The average Bonchev–Trinajstić information content (AvgIpc) is 2.83. The zero-order chi connectivity index (χ0) is 24.8. The topological polar surface area (TPSA) is 58.6 Å². The number of amides is 2. The van der Waals surface area contributed by atoms with Gasteiger partial charge >= 0.3 is 0 Å². The molecule has 0 fully saturated rings. The fourth-order valence-corrected chi connectivity index (χ4v) is 4.57. The number of benzene rings is 3. The molecule has 3 aromatic rings. The smallest absolute Gasteiger partial charge is 0.261 e. The molecule has 0 aliphatic carbocycles. The third kappa shape index (κ3) is 6.23. The number of carbonyl (C=O) groups excluding carboxylic acids is 2. The van der Waals surface area contributed by atoms with Gasteiger partial charge in [-0.1, -0.05) is 66.5 Å². The van der Waals surface area contributed by atoms with Gasteiger partial charge < -0.3 is 15.0 Å². The Morgan fingerprint density at radius 3 is 2.38 bits per heavy atom. The Labute approximate surface area is 218 Å². The lowest BCUT2D eigenvalue weighted by Gasteiger charge is -2.30. The molecule has 2 amide bonds. The maximum atomic E-state index is 13.3. The number of halogens is 3. The van der Waals surface area contributed by atoms with Crippen molar-refractivity contribution in [3.63, 3.8) is 0 Å². The molecule has 5 nitrogen and oxygen atoms in total. The van der Waals surface area contributed by atoms with Gasteiger partial charge in [-0.25, -0.2) is 0 Å². The highest BCUT2D eigenvalue weighted by molar-refractivity contribution is 9.10. The number of ether oxygens (including phenoxy) is 1. The van der Waals surface area contributed by atoms with E-state index in [2.05, 4.69) is 21.2 Å². The van der Waals surface area contributed by atoms with E-state index in [1.165, 1.54) is 4.90 Å². The first kappa shape index (κ1) is 26.3. The van der Waals surface area contributed by atoms with Gasteiger partial charge in [-0.05, 0) is 65.2 Å². The van der Waals surface area contributed by atoms with Gasteiger partial charge in [0.25, 0.3) is 5.91 Å². The summed E-state index contributed by atoms with van der Waals surface area (Å²) in [5, 5.41) is 5.83. The number of carbonyl (C=O) groups is 2. The molecule has 34 heavy (non-hydrogen) atoms. The first-order chi connectivity index (χ1) is 16.2. The Balaban J connectivity index is 1.84. The third-order valence-electron chi connectivity index (χ3n) is 5.74. The first-order valence-electron chi connectivity index (χ1n) is 11.1. The monoisotopic (exact) mass is 564 g/mol. The lowest BCUT2D eigenvalue weighted by Crippen LogP contribution is -2.50. The van der Waals surface area contributed by atoms with E-state index in [9.17, 15) is 9.59 Å². The molecular weight excluding hydrogens is 539 g/mol. The molecule has 0 spiro atoms. The second-order valence-corrected chi connectivity index (χ2v) is 9.71. The molecule has 0 aliphatic heterocycles. The van der Waals surface area contributed by atoms with Gasteiger partial charge in [0.2, 0.25) is 5.91 Å². The van der Waals surface area contributed by atoms with Gasteiger partial charge in [0.15, 0.2) is 6.61 Å². The highest BCUT2D eigenvalue weighted by Gasteiger charge is 2.28. The molecule has 0 saturated heterocycles. The molecule has 0 saturated carbocycles. The predicted molar refractivity (Wildman–Crippen MR) is 142 cm³/mol. The van der Waals surface area contributed by atoms with E-state index in [0.29, 0.717) is 21.4 Å². The zero-order valence-corrected chi connectivity index (χ0v) is 22.4. The highest BCUT2D eigenvalue weighted by atomic mass is 79.9. The molecule has 0 heterocycles. The van der Waals surface area contributed by atoms with Gasteiger partial charge in [-0.3, -0.25) is 9.59 Å². The van der Waals surface area contributed by atoms with Gasteiger partial charge in [0, 0.05) is 28.2 Å². The molecular formula is C26H27BrCl2N2O3. The van der Waals surface area contributed by atoms with Crippen LogP contribution in [0.3, 0.4) is 0 Å². The summed E-state index contributed by atoms with van der Waals surface area (Å²) in [5.74, 6) is -0.0694. The molecule has 0 unspecified atom stereocenters. The fourth-order valence-electron chi connectivity index (χ4n) is 3.45. The third-order valence-corrected chi connectivity index (χ3v) is 7.26. The molecule has 8 heteroatoms. The number of fused-ring (bicyclic) bond motifs is 1. The standard InChI is InChI=1S/C26H27BrCl2N2O3/c1-4-16(2)30-26(33)17(3)31(14-20-21(28)10-7-11-22(20)29)24(32)15-34-23-13-12-18-8-5-6-9-19(18)25(23)27/h5-13,16-17H,4,14-15H2,1-3H3,(H,30,33)/t16-,17-/m0/s1. The molecule has 0 radical (unpaired) electrons. The van der Waals surface area contributed by atoms with E-state index in [1.54, 1.807) is 25.1 Å². The normalized spacial score (nSPS) is 12.8. The van der Waals surface area contributed by atoms with Crippen molar-refractivity contribution in [2.24, 2.45) is 0 Å². The summed E-state index contributed by atoms with van der Waals surface area (Å²) in [6.07, 6.45) is 0.780. The van der Waals surface area contributed by atoms with Crippen LogP contribution < -0.4 is 10.1 Å². The molecule has 0 aliphatic rings. The molecule has 180 valence electrons. The Kier molecular flexibility index (Phi) is 9.23. The summed E-state index contributed by atoms with van der Waals surface area (Å²) in [5.41, 5.74) is 0.578. The minimum atomic E-state index is -0.752. The Morgan fingerprint density at radius 2 is 1.71 bits per heavy atom. The zero-order valence-electron chi connectivity index (χ0n) is 19.3. The number of hydrogen-bond acceptors (Lipinski definition) is 3. The number of rotatable bonds is 9. The van der Waals surface area contributed by atoms with Crippen molar-refractivity contribution in [1.29, 1.82) is 0 Å². The van der Waals surface area contributed by atoms with Crippen molar-refractivity contribution in [3.8, 4) is 5.75 Å². The minimum absolute atomic E-state index is 0.0133. The van der Waals surface area contributed by atoms with Gasteiger partial charge in [-0.15, -0.1) is 0 Å². The van der Waals surface area contributed by atoms with Crippen LogP contribution in [0.1, 0.15) is 32.8 Å². The SMILES string of the molecule is CC[C@H](C)NC(=O)[C@H](C)N(Cc1c(Cl)cccc1Cl)C(=O)COc1ccc2ccccc2c1Br. The van der Waals surface area contributed by atoms with Crippen molar-refractivity contribution in [2.75, 3.05) is 6.61 Å². The maximum absolute atomic E-state index is 13.3. The summed E-state index contributed by atoms with van der Waals surface area (Å²) in [6, 6.07) is 16.0. The summed E-state index contributed by atoms with van der Waals surface area (Å²) >= 11 is 16.3. The predicted octanol–water partition coefficient (Wildman–Crippen LogP) is 6.62. The van der Waals surface area contributed by atoms with Crippen molar-refractivity contribution >= 4 is 61.7 Å². The van der Waals surface area contributed by atoms with E-state index in [1.807, 2.05) is 50.2 Å². The minimum Gasteiger partial charge on any atom is -0.483 e. The van der Waals surface area contributed by atoms with Crippen LogP contribution in [0.5, 0.6) is 5.75 Å². The fraction of sp³-hybridized carbons (Fsp3) is 0.308. The van der Waals surface area contributed by atoms with E-state index in [4.69, 9.17) is 27.9 Å². The van der Waals surface area contributed by atoms with Crippen molar-refractivity contribution in [1.82, 2.24) is 10.2 Å². The number of nitrogens with zero attached hydrogens (tertiary/aromatic N) is 1. The average molecular weight is 566 g/mol. The van der Waals surface area contributed by atoms with Crippen LogP contribution in [0, 0.1) is 0 Å². The summed E-state index contributed by atoms with van der Waals surface area (Å²) in [6.45, 7) is 5.42. The molecule has 3 aromatic carbocycles. The first-order valence-corrected chi connectivity index (χ1v) is 12.6. The van der Waals surface area contributed by atoms with Crippen LogP contribution >= 0.6 is 39.1 Å². The largest absolute Gasteiger partial charge is 0.483 e. The summed E-state index contributed by atoms with van der Waals surface area (Å²) < 4.78 is 6.65. The van der Waals surface area contributed by atoms with Crippen LogP contribution in [0.4, 0.5) is 0 Å². The summed E-state index contributed by atoms with van der Waals surface area (Å²) in [4.78, 5) is 27.7. The molecule has 3 rings (SSSR count). The second kappa shape index (κ2) is 11.9. The maximum Gasteiger partial charge on any atom is 0.261 e. The van der Waals surface area contributed by atoms with Gasteiger partial charge in [-0.2, -0.15) is 0 Å². The second-order valence-electron chi connectivity index (χ2n) is 8.10. The van der Waals surface area contributed by atoms with Crippen LogP contribution in [0.25, 0.3) is 10.8 Å². The molecule has 1 N–H and O–H groups in total.